The highest BCUT2D eigenvalue weighted by molar-refractivity contribution is 14.1. The number of aromatic nitrogens is 2. The number of hydrogen-bond donors (Lipinski definition) is 1. The van der Waals surface area contributed by atoms with Crippen molar-refractivity contribution in [3.63, 3.8) is 0 Å². The van der Waals surface area contributed by atoms with Gasteiger partial charge in [-0.2, -0.15) is 0 Å². The SMILES string of the molecule is COc1cccc2nc(-c3c(F)ccc(OCCI)c3F)c(Nc3ccc4c(c3)OCCO4)n12. The molecule has 1 N–H and O–H groups in total. The summed E-state index contributed by atoms with van der Waals surface area (Å²) in [5.41, 5.74) is 0.856. The first-order chi connectivity index (χ1) is 16.6. The summed E-state index contributed by atoms with van der Waals surface area (Å²) in [4.78, 5) is 4.55. The molecule has 0 aliphatic carbocycles. The van der Waals surface area contributed by atoms with E-state index in [9.17, 15) is 0 Å². The third-order valence-electron chi connectivity index (χ3n) is 5.25. The van der Waals surface area contributed by atoms with E-state index in [1.54, 1.807) is 40.8 Å². The number of anilines is 2. The van der Waals surface area contributed by atoms with E-state index in [4.69, 9.17) is 18.9 Å². The number of nitrogens with zero attached hydrogens (tertiary/aromatic N) is 2. The molecule has 0 unspecified atom stereocenters. The molecule has 1 aliphatic heterocycles. The van der Waals surface area contributed by atoms with E-state index in [0.717, 1.165) is 0 Å². The first kappa shape index (κ1) is 22.5. The number of methoxy groups -OCH3 is 1. The van der Waals surface area contributed by atoms with Gasteiger partial charge in [-0.15, -0.1) is 0 Å². The van der Waals surface area contributed by atoms with Crippen molar-refractivity contribution in [1.29, 1.82) is 0 Å². The number of rotatable bonds is 7. The van der Waals surface area contributed by atoms with Gasteiger partial charge >= 0.3 is 0 Å². The van der Waals surface area contributed by atoms with Crippen molar-refractivity contribution in [3.8, 4) is 34.4 Å². The quantitative estimate of drug-likeness (QED) is 0.227. The van der Waals surface area contributed by atoms with Crippen LogP contribution >= 0.6 is 22.6 Å². The van der Waals surface area contributed by atoms with Crippen molar-refractivity contribution in [3.05, 3.63) is 60.2 Å². The minimum Gasteiger partial charge on any atom is -0.490 e. The number of fused-ring (bicyclic) bond motifs is 2. The summed E-state index contributed by atoms with van der Waals surface area (Å²) in [6, 6.07) is 13.0. The second-order valence-corrected chi connectivity index (χ2v) is 8.40. The third-order valence-corrected chi connectivity index (χ3v) is 5.69. The average Bonchev–Trinajstić information content (AvgIpc) is 3.21. The maximum atomic E-state index is 15.5. The molecule has 2 aromatic carbocycles. The Hall–Kier alpha value is -3.28. The molecule has 0 spiro atoms. The zero-order chi connectivity index (χ0) is 23.7. The molecule has 1 aliphatic rings. The highest BCUT2D eigenvalue weighted by Crippen LogP contribution is 2.40. The molecule has 3 heterocycles. The summed E-state index contributed by atoms with van der Waals surface area (Å²) >= 11 is 2.12. The lowest BCUT2D eigenvalue weighted by molar-refractivity contribution is 0.171. The molecule has 5 rings (SSSR count). The fourth-order valence-corrected chi connectivity index (χ4v) is 4.00. The van der Waals surface area contributed by atoms with Crippen LogP contribution in [-0.2, 0) is 0 Å². The smallest absolute Gasteiger partial charge is 0.200 e. The van der Waals surface area contributed by atoms with Crippen molar-refractivity contribution in [1.82, 2.24) is 9.38 Å². The van der Waals surface area contributed by atoms with Gasteiger partial charge in [0.2, 0.25) is 5.88 Å². The molecule has 7 nitrogen and oxygen atoms in total. The number of halogens is 3. The number of nitrogens with one attached hydrogen (secondary N) is 1. The number of benzene rings is 2. The van der Waals surface area contributed by atoms with Gasteiger partial charge in [-0.05, 0) is 36.4 Å². The minimum atomic E-state index is -0.822. The normalized spacial score (nSPS) is 12.6. The van der Waals surface area contributed by atoms with Crippen LogP contribution in [0.15, 0.2) is 48.5 Å². The van der Waals surface area contributed by atoms with Crippen molar-refractivity contribution < 1.29 is 27.7 Å². The van der Waals surface area contributed by atoms with Gasteiger partial charge in [-0.3, -0.25) is 0 Å². The second-order valence-electron chi connectivity index (χ2n) is 7.33. The van der Waals surface area contributed by atoms with Crippen LogP contribution in [0.3, 0.4) is 0 Å². The molecule has 0 bridgehead atoms. The van der Waals surface area contributed by atoms with Gasteiger partial charge in [0.15, 0.2) is 23.1 Å². The summed E-state index contributed by atoms with van der Waals surface area (Å²) in [7, 11) is 1.52. The largest absolute Gasteiger partial charge is 0.490 e. The predicted octanol–water partition coefficient (Wildman–Crippen LogP) is 5.62. The summed E-state index contributed by atoms with van der Waals surface area (Å²) in [6.07, 6.45) is 0. The first-order valence-electron chi connectivity index (χ1n) is 10.5. The lowest BCUT2D eigenvalue weighted by atomic mass is 10.1. The monoisotopic (exact) mass is 579 g/mol. The Morgan fingerprint density at radius 1 is 1.09 bits per heavy atom. The van der Waals surface area contributed by atoms with Crippen LogP contribution in [0.4, 0.5) is 20.3 Å². The molecule has 0 atom stereocenters. The molecular formula is C24H20F2IN3O4. The fraction of sp³-hybridized carbons (Fsp3) is 0.208. The maximum absolute atomic E-state index is 15.5. The minimum absolute atomic E-state index is 0.0395. The van der Waals surface area contributed by atoms with Gasteiger partial charge in [0.05, 0.1) is 19.3 Å². The van der Waals surface area contributed by atoms with E-state index in [1.165, 1.54) is 19.2 Å². The van der Waals surface area contributed by atoms with Gasteiger partial charge in [-0.25, -0.2) is 18.2 Å². The van der Waals surface area contributed by atoms with Crippen molar-refractivity contribution in [2.24, 2.45) is 0 Å². The van der Waals surface area contributed by atoms with Crippen LogP contribution in [0, 0.1) is 11.6 Å². The highest BCUT2D eigenvalue weighted by Gasteiger charge is 2.25. The van der Waals surface area contributed by atoms with Crippen molar-refractivity contribution >= 4 is 39.7 Å². The Labute approximate surface area is 207 Å². The number of alkyl halides is 1. The van der Waals surface area contributed by atoms with Gasteiger partial charge in [0.1, 0.15) is 36.2 Å². The number of hydrogen-bond acceptors (Lipinski definition) is 6. The van der Waals surface area contributed by atoms with Crippen LogP contribution in [0.1, 0.15) is 0 Å². The number of ether oxygens (including phenoxy) is 4. The van der Waals surface area contributed by atoms with Gasteiger partial charge in [0.25, 0.3) is 0 Å². The Kier molecular flexibility index (Phi) is 6.31. The average molecular weight is 579 g/mol. The van der Waals surface area contributed by atoms with Gasteiger partial charge < -0.3 is 24.3 Å². The molecule has 10 heteroatoms. The standard InChI is InChI=1S/C24H20F2IN3O4/c1-31-20-4-2-3-19-29-23(21-15(25)6-8-17(22(21)26)32-10-9-27)24(30(19)20)28-14-5-7-16-18(13-14)34-12-11-33-16/h2-8,13,28H,9-12H2,1H3. The van der Waals surface area contributed by atoms with E-state index >= 15 is 8.78 Å². The van der Waals surface area contributed by atoms with Gasteiger partial charge in [-0.1, -0.05) is 28.7 Å². The van der Waals surface area contributed by atoms with Crippen molar-refractivity contribution in [2.45, 2.75) is 0 Å². The number of pyridine rings is 1. The molecule has 0 saturated carbocycles. The Balaban J connectivity index is 1.69. The Bertz CT molecular complexity index is 1360. The molecule has 0 fully saturated rings. The van der Waals surface area contributed by atoms with E-state index < -0.39 is 11.6 Å². The lowest BCUT2D eigenvalue weighted by Crippen LogP contribution is -2.15. The van der Waals surface area contributed by atoms with Crippen LogP contribution < -0.4 is 24.3 Å². The van der Waals surface area contributed by atoms with Crippen LogP contribution in [0.25, 0.3) is 16.9 Å². The maximum Gasteiger partial charge on any atom is 0.200 e. The molecule has 4 aromatic rings. The fourth-order valence-electron chi connectivity index (χ4n) is 3.78. The van der Waals surface area contributed by atoms with E-state index in [2.05, 4.69) is 32.9 Å². The molecule has 0 radical (unpaired) electrons. The molecular weight excluding hydrogens is 559 g/mol. The summed E-state index contributed by atoms with van der Waals surface area (Å²) in [5, 5.41) is 3.25. The molecule has 34 heavy (non-hydrogen) atoms. The number of imidazole rings is 1. The van der Waals surface area contributed by atoms with Gasteiger partial charge in [0, 0.05) is 16.2 Å². The van der Waals surface area contributed by atoms with E-state index in [-0.39, 0.29) is 17.0 Å². The van der Waals surface area contributed by atoms with Crippen LogP contribution in [-0.4, -0.2) is 40.7 Å². The second kappa shape index (κ2) is 9.53. The van der Waals surface area contributed by atoms with Crippen LogP contribution in [0.5, 0.6) is 23.1 Å². The topological polar surface area (TPSA) is 66.2 Å². The Morgan fingerprint density at radius 3 is 2.71 bits per heavy atom. The zero-order valence-corrected chi connectivity index (χ0v) is 20.3. The van der Waals surface area contributed by atoms with Crippen LogP contribution in [0.2, 0.25) is 0 Å². The van der Waals surface area contributed by atoms with E-state index in [1.807, 2.05) is 0 Å². The third kappa shape index (κ3) is 4.06. The predicted molar refractivity (Wildman–Crippen MR) is 132 cm³/mol. The molecule has 2 aromatic heterocycles. The summed E-state index contributed by atoms with van der Waals surface area (Å²) in [6.45, 7) is 1.21. The summed E-state index contributed by atoms with van der Waals surface area (Å²) < 4.78 is 55.1. The van der Waals surface area contributed by atoms with E-state index in [0.29, 0.717) is 58.8 Å². The Morgan fingerprint density at radius 2 is 1.91 bits per heavy atom. The first-order valence-corrected chi connectivity index (χ1v) is 12.0. The molecule has 176 valence electrons. The lowest BCUT2D eigenvalue weighted by Gasteiger charge is -2.19. The highest BCUT2D eigenvalue weighted by atomic mass is 127. The molecule has 0 saturated heterocycles. The van der Waals surface area contributed by atoms with Crippen molar-refractivity contribution in [2.75, 3.05) is 36.7 Å². The summed E-state index contributed by atoms with van der Waals surface area (Å²) in [5.74, 6) is 0.351. The zero-order valence-electron chi connectivity index (χ0n) is 18.1. The molecule has 0 amide bonds.